The zero-order valence-corrected chi connectivity index (χ0v) is 10.2. The molecule has 0 unspecified atom stereocenters. The molecule has 0 radical (unpaired) electrons. The molecule has 2 nitrogen and oxygen atoms in total. The highest BCUT2D eigenvalue weighted by atomic mass is 32.2. The lowest BCUT2D eigenvalue weighted by Gasteiger charge is -2.03. The van der Waals surface area contributed by atoms with Crippen molar-refractivity contribution < 1.29 is 13.2 Å². The molecule has 0 saturated carbocycles. The number of hydrogen-bond acceptors (Lipinski definition) is 2. The summed E-state index contributed by atoms with van der Waals surface area (Å²) in [6.45, 7) is 0.454. The van der Waals surface area contributed by atoms with Crippen LogP contribution < -0.4 is 0 Å². The van der Waals surface area contributed by atoms with Crippen LogP contribution in [-0.4, -0.2) is 15.5 Å². The summed E-state index contributed by atoms with van der Waals surface area (Å²) in [6.07, 6.45) is -2.43. The molecule has 0 bridgehead atoms. The molecule has 18 heavy (non-hydrogen) atoms. The summed E-state index contributed by atoms with van der Waals surface area (Å²) in [6, 6.07) is 9.72. The molecule has 0 atom stereocenters. The van der Waals surface area contributed by atoms with E-state index < -0.39 is 11.7 Å². The minimum absolute atomic E-state index is 0.454. The predicted molar refractivity (Wildman–Crippen MR) is 64.4 cm³/mol. The molecule has 0 fully saturated rings. The maximum Gasteiger partial charge on any atom is 0.419 e. The first-order valence-corrected chi connectivity index (χ1v) is 6.32. The van der Waals surface area contributed by atoms with Gasteiger partial charge >= 0.3 is 6.18 Å². The summed E-state index contributed by atoms with van der Waals surface area (Å²) in [5, 5.41) is 3.70. The highest BCUT2D eigenvalue weighted by Gasteiger charge is 2.32. The molecule has 0 amide bonds. The van der Waals surface area contributed by atoms with Crippen LogP contribution in [-0.2, 0) is 12.7 Å². The standard InChI is InChI=1S/C12H11F3N2S/c13-12(14,15)10-8-16-17(9-10)6-7-18-11-4-2-1-3-5-11/h1-5,8-9H,6-7H2. The van der Waals surface area contributed by atoms with E-state index in [1.54, 1.807) is 11.8 Å². The van der Waals surface area contributed by atoms with Gasteiger partial charge in [-0.05, 0) is 12.1 Å². The minimum Gasteiger partial charge on any atom is -0.271 e. The van der Waals surface area contributed by atoms with Gasteiger partial charge in [0.15, 0.2) is 0 Å². The van der Waals surface area contributed by atoms with E-state index in [0.717, 1.165) is 17.3 Å². The van der Waals surface area contributed by atoms with Crippen molar-refractivity contribution in [2.24, 2.45) is 0 Å². The van der Waals surface area contributed by atoms with Crippen LogP contribution in [0, 0.1) is 0 Å². The lowest BCUT2D eigenvalue weighted by molar-refractivity contribution is -0.137. The van der Waals surface area contributed by atoms with Gasteiger partial charge in [0.05, 0.1) is 18.3 Å². The van der Waals surface area contributed by atoms with Crippen molar-refractivity contribution in [3.8, 4) is 0 Å². The Hall–Kier alpha value is -1.43. The zero-order valence-electron chi connectivity index (χ0n) is 9.39. The molecule has 6 heteroatoms. The Morgan fingerprint density at radius 2 is 1.89 bits per heavy atom. The van der Waals surface area contributed by atoms with Gasteiger partial charge in [0, 0.05) is 16.8 Å². The smallest absolute Gasteiger partial charge is 0.271 e. The Kier molecular flexibility index (Phi) is 3.96. The van der Waals surface area contributed by atoms with Crippen molar-refractivity contribution in [1.82, 2.24) is 9.78 Å². The molecule has 0 aliphatic carbocycles. The molecule has 0 aliphatic heterocycles. The van der Waals surface area contributed by atoms with E-state index >= 15 is 0 Å². The molecule has 0 N–H and O–H groups in total. The van der Waals surface area contributed by atoms with Crippen LogP contribution in [0.15, 0.2) is 47.6 Å². The quantitative estimate of drug-likeness (QED) is 0.790. The Labute approximate surface area is 107 Å². The first kappa shape index (κ1) is 13.0. The molecule has 1 heterocycles. The van der Waals surface area contributed by atoms with Gasteiger partial charge in [0.25, 0.3) is 0 Å². The SMILES string of the molecule is FC(F)(F)c1cnn(CCSc2ccccc2)c1. The summed E-state index contributed by atoms with van der Waals surface area (Å²) in [5.74, 6) is 0.684. The van der Waals surface area contributed by atoms with Gasteiger partial charge in [0.2, 0.25) is 0 Å². The Morgan fingerprint density at radius 1 is 1.17 bits per heavy atom. The fourth-order valence-electron chi connectivity index (χ4n) is 1.41. The summed E-state index contributed by atoms with van der Waals surface area (Å²) in [5.41, 5.74) is -0.702. The second kappa shape index (κ2) is 5.48. The van der Waals surface area contributed by atoms with Crippen LogP contribution in [0.1, 0.15) is 5.56 Å². The van der Waals surface area contributed by atoms with E-state index in [2.05, 4.69) is 5.10 Å². The summed E-state index contributed by atoms with van der Waals surface area (Å²) in [4.78, 5) is 1.10. The van der Waals surface area contributed by atoms with Crippen LogP contribution in [0.2, 0.25) is 0 Å². The first-order chi connectivity index (χ1) is 8.55. The van der Waals surface area contributed by atoms with Crippen molar-refractivity contribution in [3.05, 3.63) is 48.3 Å². The van der Waals surface area contributed by atoms with Crippen molar-refractivity contribution in [1.29, 1.82) is 0 Å². The second-order valence-corrected chi connectivity index (χ2v) is 4.82. The van der Waals surface area contributed by atoms with E-state index in [0.29, 0.717) is 12.3 Å². The molecule has 96 valence electrons. The number of benzene rings is 1. The number of alkyl halides is 3. The third kappa shape index (κ3) is 3.53. The van der Waals surface area contributed by atoms with Crippen LogP contribution >= 0.6 is 11.8 Å². The predicted octanol–water partition coefficient (Wildman–Crippen LogP) is 3.69. The zero-order chi connectivity index (χ0) is 13.0. The van der Waals surface area contributed by atoms with Crippen LogP contribution in [0.3, 0.4) is 0 Å². The van der Waals surface area contributed by atoms with Gasteiger partial charge in [-0.15, -0.1) is 11.8 Å². The van der Waals surface area contributed by atoms with Crippen molar-refractivity contribution in [2.45, 2.75) is 17.6 Å². The number of hydrogen-bond donors (Lipinski definition) is 0. The van der Waals surface area contributed by atoms with Gasteiger partial charge in [-0.25, -0.2) is 0 Å². The van der Waals surface area contributed by atoms with Crippen molar-refractivity contribution in [3.63, 3.8) is 0 Å². The third-order valence-corrected chi connectivity index (χ3v) is 3.29. The largest absolute Gasteiger partial charge is 0.419 e. The number of aromatic nitrogens is 2. The molecule has 0 spiro atoms. The summed E-state index contributed by atoms with van der Waals surface area (Å²) < 4.78 is 38.3. The average Bonchev–Trinajstić information content (AvgIpc) is 2.79. The number of halogens is 3. The van der Waals surface area contributed by atoms with Gasteiger partial charge in [-0.3, -0.25) is 4.68 Å². The lowest BCUT2D eigenvalue weighted by Crippen LogP contribution is -2.04. The van der Waals surface area contributed by atoms with Crippen LogP contribution in [0.5, 0.6) is 0 Å². The number of rotatable bonds is 4. The average molecular weight is 272 g/mol. The number of thioether (sulfide) groups is 1. The molecular formula is C12H11F3N2S. The monoisotopic (exact) mass is 272 g/mol. The molecule has 0 saturated heterocycles. The topological polar surface area (TPSA) is 17.8 Å². The van der Waals surface area contributed by atoms with Crippen LogP contribution in [0.25, 0.3) is 0 Å². The van der Waals surface area contributed by atoms with E-state index in [-0.39, 0.29) is 0 Å². The number of aryl methyl sites for hydroxylation is 1. The maximum absolute atomic E-state index is 12.3. The highest BCUT2D eigenvalue weighted by Crippen LogP contribution is 2.28. The molecular weight excluding hydrogens is 261 g/mol. The van der Waals surface area contributed by atoms with Crippen molar-refractivity contribution >= 4 is 11.8 Å². The molecule has 2 rings (SSSR count). The normalized spacial score (nSPS) is 11.7. The second-order valence-electron chi connectivity index (χ2n) is 3.65. The minimum atomic E-state index is -4.31. The molecule has 1 aromatic carbocycles. The summed E-state index contributed by atoms with van der Waals surface area (Å²) in [7, 11) is 0. The van der Waals surface area contributed by atoms with Crippen molar-refractivity contribution in [2.75, 3.05) is 5.75 Å². The third-order valence-electron chi connectivity index (χ3n) is 2.29. The number of nitrogens with zero attached hydrogens (tertiary/aromatic N) is 2. The molecule has 0 aliphatic rings. The highest BCUT2D eigenvalue weighted by molar-refractivity contribution is 7.99. The van der Waals surface area contributed by atoms with Gasteiger partial charge in [0.1, 0.15) is 0 Å². The van der Waals surface area contributed by atoms with Gasteiger partial charge < -0.3 is 0 Å². The van der Waals surface area contributed by atoms with Gasteiger partial charge in [-0.2, -0.15) is 18.3 Å². The van der Waals surface area contributed by atoms with Crippen LogP contribution in [0.4, 0.5) is 13.2 Å². The van der Waals surface area contributed by atoms with E-state index in [9.17, 15) is 13.2 Å². The lowest BCUT2D eigenvalue weighted by atomic mass is 10.4. The molecule has 2 aromatic rings. The van der Waals surface area contributed by atoms with E-state index in [4.69, 9.17) is 0 Å². The molecule has 1 aromatic heterocycles. The van der Waals surface area contributed by atoms with E-state index in [1.807, 2.05) is 30.3 Å². The Morgan fingerprint density at radius 3 is 2.50 bits per heavy atom. The van der Waals surface area contributed by atoms with Gasteiger partial charge in [-0.1, -0.05) is 18.2 Å². The Bertz CT molecular complexity index is 494. The maximum atomic E-state index is 12.3. The van der Waals surface area contributed by atoms with E-state index in [1.165, 1.54) is 4.68 Å². The fourth-order valence-corrected chi connectivity index (χ4v) is 2.27. The summed E-state index contributed by atoms with van der Waals surface area (Å²) >= 11 is 1.59. The fraction of sp³-hybridized carbons (Fsp3) is 0.250. The Balaban J connectivity index is 1.86. The first-order valence-electron chi connectivity index (χ1n) is 5.33.